The second-order valence-corrected chi connectivity index (χ2v) is 5.11. The lowest BCUT2D eigenvalue weighted by Gasteiger charge is -2.26. The van der Waals surface area contributed by atoms with E-state index >= 15 is 0 Å². The molecule has 1 aromatic rings. The van der Waals surface area contributed by atoms with Gasteiger partial charge < -0.3 is 9.47 Å². The van der Waals surface area contributed by atoms with Crippen molar-refractivity contribution in [3.8, 4) is 5.75 Å². The van der Waals surface area contributed by atoms with E-state index in [1.54, 1.807) is 0 Å². The van der Waals surface area contributed by atoms with Crippen LogP contribution in [-0.4, -0.2) is 50.1 Å². The molecule has 0 aromatic heterocycles. The highest BCUT2D eigenvalue weighted by Crippen LogP contribution is 2.22. The lowest BCUT2D eigenvalue weighted by atomic mass is 10.1. The number of hydrogen-bond donors (Lipinski definition) is 0. The summed E-state index contributed by atoms with van der Waals surface area (Å²) in [7, 11) is 3.36. The van der Waals surface area contributed by atoms with Crippen LogP contribution in [0, 0.1) is 5.82 Å². The van der Waals surface area contributed by atoms with Gasteiger partial charge in [0.25, 0.3) is 0 Å². The molecule has 1 saturated heterocycles. The molecule has 0 amide bonds. The molecule has 0 bridgehead atoms. The van der Waals surface area contributed by atoms with Crippen LogP contribution in [0.4, 0.5) is 4.39 Å². The zero-order valence-electron chi connectivity index (χ0n) is 12.1. The Kier molecular flexibility index (Phi) is 4.73. The standard InChI is InChI=1S/C15H20FNO3/c1-10-13(6-7-20-10)17(2)9-14(18)12-8-11(16)4-5-15(12)19-3/h4-5,8,10,13H,6-7,9H2,1-3H3. The first-order chi connectivity index (χ1) is 9.52. The summed E-state index contributed by atoms with van der Waals surface area (Å²) in [5.74, 6) is -0.183. The molecule has 2 rings (SSSR count). The van der Waals surface area contributed by atoms with Crippen molar-refractivity contribution in [1.82, 2.24) is 4.90 Å². The molecule has 20 heavy (non-hydrogen) atoms. The molecule has 1 fully saturated rings. The molecule has 2 atom stereocenters. The summed E-state index contributed by atoms with van der Waals surface area (Å²) >= 11 is 0. The number of ketones is 1. The van der Waals surface area contributed by atoms with Crippen molar-refractivity contribution in [3.05, 3.63) is 29.6 Å². The van der Waals surface area contributed by atoms with Gasteiger partial charge in [-0.25, -0.2) is 4.39 Å². The minimum Gasteiger partial charge on any atom is -0.496 e. The predicted molar refractivity (Wildman–Crippen MR) is 73.7 cm³/mol. The largest absolute Gasteiger partial charge is 0.496 e. The van der Waals surface area contributed by atoms with E-state index in [2.05, 4.69) is 0 Å². The Labute approximate surface area is 118 Å². The zero-order valence-corrected chi connectivity index (χ0v) is 12.1. The van der Waals surface area contributed by atoms with Crippen molar-refractivity contribution < 1.29 is 18.7 Å². The smallest absolute Gasteiger partial charge is 0.180 e. The summed E-state index contributed by atoms with van der Waals surface area (Å²) in [6.07, 6.45) is 1.02. The molecule has 1 aliphatic rings. The van der Waals surface area contributed by atoms with Crippen molar-refractivity contribution >= 4 is 5.78 Å². The van der Waals surface area contributed by atoms with Gasteiger partial charge in [-0.2, -0.15) is 0 Å². The summed E-state index contributed by atoms with van der Waals surface area (Å²) in [5, 5.41) is 0. The van der Waals surface area contributed by atoms with Crippen LogP contribution in [0.5, 0.6) is 5.75 Å². The van der Waals surface area contributed by atoms with E-state index in [9.17, 15) is 9.18 Å². The van der Waals surface area contributed by atoms with Gasteiger partial charge >= 0.3 is 0 Å². The number of carbonyl (C=O) groups excluding carboxylic acids is 1. The average molecular weight is 281 g/mol. The molecule has 1 aromatic carbocycles. The third kappa shape index (κ3) is 3.16. The predicted octanol–water partition coefficient (Wildman–Crippen LogP) is 2.13. The van der Waals surface area contributed by atoms with E-state index in [1.165, 1.54) is 25.3 Å². The number of likely N-dealkylation sites (N-methyl/N-ethyl adjacent to an activating group) is 1. The van der Waals surface area contributed by atoms with Gasteiger partial charge in [-0.3, -0.25) is 9.69 Å². The molecule has 0 spiro atoms. The van der Waals surface area contributed by atoms with E-state index < -0.39 is 5.82 Å². The highest BCUT2D eigenvalue weighted by molar-refractivity contribution is 6.00. The Balaban J connectivity index is 2.09. The first kappa shape index (κ1) is 14.9. The highest BCUT2D eigenvalue weighted by Gasteiger charge is 2.29. The van der Waals surface area contributed by atoms with E-state index in [0.29, 0.717) is 12.4 Å². The quantitative estimate of drug-likeness (QED) is 0.775. The summed E-state index contributed by atoms with van der Waals surface area (Å²) in [4.78, 5) is 14.3. The first-order valence-corrected chi connectivity index (χ1v) is 6.71. The number of benzene rings is 1. The molecule has 2 unspecified atom stereocenters. The average Bonchev–Trinajstić information content (AvgIpc) is 2.85. The lowest BCUT2D eigenvalue weighted by Crippen LogP contribution is -2.40. The summed E-state index contributed by atoms with van der Waals surface area (Å²) in [6, 6.07) is 4.21. The Morgan fingerprint density at radius 3 is 2.90 bits per heavy atom. The molecule has 0 N–H and O–H groups in total. The second-order valence-electron chi connectivity index (χ2n) is 5.11. The third-order valence-corrected chi connectivity index (χ3v) is 3.76. The molecule has 1 aliphatic heterocycles. The monoisotopic (exact) mass is 281 g/mol. The number of hydrogen-bond acceptors (Lipinski definition) is 4. The third-order valence-electron chi connectivity index (χ3n) is 3.76. The van der Waals surface area contributed by atoms with Gasteiger partial charge in [-0.1, -0.05) is 0 Å². The topological polar surface area (TPSA) is 38.8 Å². The Hall–Kier alpha value is -1.46. The zero-order chi connectivity index (χ0) is 14.7. The number of rotatable bonds is 5. The van der Waals surface area contributed by atoms with Gasteiger partial charge in [0, 0.05) is 12.6 Å². The normalized spacial score (nSPS) is 22.2. The molecule has 0 saturated carbocycles. The van der Waals surface area contributed by atoms with Crippen LogP contribution in [-0.2, 0) is 4.74 Å². The van der Waals surface area contributed by atoms with E-state index in [4.69, 9.17) is 9.47 Å². The fraction of sp³-hybridized carbons (Fsp3) is 0.533. The molecule has 0 aliphatic carbocycles. The fourth-order valence-corrected chi connectivity index (χ4v) is 2.63. The number of nitrogens with zero attached hydrogens (tertiary/aromatic N) is 1. The highest BCUT2D eigenvalue weighted by atomic mass is 19.1. The maximum absolute atomic E-state index is 13.3. The first-order valence-electron chi connectivity index (χ1n) is 6.71. The van der Waals surface area contributed by atoms with E-state index in [0.717, 1.165) is 6.42 Å². The van der Waals surface area contributed by atoms with Crippen molar-refractivity contribution in [2.75, 3.05) is 27.3 Å². The lowest BCUT2D eigenvalue weighted by molar-refractivity contribution is 0.0744. The molecule has 110 valence electrons. The molecular weight excluding hydrogens is 261 g/mol. The SMILES string of the molecule is COc1ccc(F)cc1C(=O)CN(C)C1CCOC1C. The molecule has 5 heteroatoms. The minimum atomic E-state index is -0.436. The van der Waals surface area contributed by atoms with Gasteiger partial charge in [0.1, 0.15) is 11.6 Å². The molecule has 1 heterocycles. The van der Waals surface area contributed by atoms with Gasteiger partial charge in [0.05, 0.1) is 25.3 Å². The van der Waals surface area contributed by atoms with E-state index in [-0.39, 0.29) is 30.0 Å². The van der Waals surface area contributed by atoms with Gasteiger partial charge in [0.15, 0.2) is 5.78 Å². The van der Waals surface area contributed by atoms with Crippen molar-refractivity contribution in [2.45, 2.75) is 25.5 Å². The number of carbonyl (C=O) groups is 1. The van der Waals surface area contributed by atoms with Crippen molar-refractivity contribution in [3.63, 3.8) is 0 Å². The molecule has 4 nitrogen and oxygen atoms in total. The Bertz CT molecular complexity index is 492. The van der Waals surface area contributed by atoms with E-state index in [1.807, 2.05) is 18.9 Å². The molecular formula is C15H20FNO3. The number of halogens is 1. The van der Waals surface area contributed by atoms with Crippen LogP contribution in [0.15, 0.2) is 18.2 Å². The second kappa shape index (κ2) is 6.33. The number of Topliss-reactive ketones (excluding diaryl/α,β-unsaturated/α-hetero) is 1. The number of methoxy groups -OCH3 is 1. The number of ether oxygens (including phenoxy) is 2. The minimum absolute atomic E-state index is 0.113. The van der Waals surface area contributed by atoms with Crippen LogP contribution in [0.3, 0.4) is 0 Å². The fourth-order valence-electron chi connectivity index (χ4n) is 2.63. The van der Waals surface area contributed by atoms with Crippen molar-refractivity contribution in [1.29, 1.82) is 0 Å². The maximum atomic E-state index is 13.3. The van der Waals surface area contributed by atoms with Crippen LogP contribution in [0.2, 0.25) is 0 Å². The summed E-state index contributed by atoms with van der Waals surface area (Å²) in [6.45, 7) is 2.94. The van der Waals surface area contributed by atoms with Gasteiger partial charge in [-0.05, 0) is 38.6 Å². The van der Waals surface area contributed by atoms with Crippen LogP contribution >= 0.6 is 0 Å². The van der Waals surface area contributed by atoms with Crippen LogP contribution in [0.1, 0.15) is 23.7 Å². The maximum Gasteiger partial charge on any atom is 0.180 e. The van der Waals surface area contributed by atoms with Crippen LogP contribution in [0.25, 0.3) is 0 Å². The van der Waals surface area contributed by atoms with Crippen molar-refractivity contribution in [2.24, 2.45) is 0 Å². The Morgan fingerprint density at radius 2 is 2.30 bits per heavy atom. The van der Waals surface area contributed by atoms with Gasteiger partial charge in [0.2, 0.25) is 0 Å². The summed E-state index contributed by atoms with van der Waals surface area (Å²) in [5.41, 5.74) is 0.283. The van der Waals surface area contributed by atoms with Gasteiger partial charge in [-0.15, -0.1) is 0 Å². The summed E-state index contributed by atoms with van der Waals surface area (Å²) < 4.78 is 23.9. The Morgan fingerprint density at radius 1 is 1.55 bits per heavy atom. The molecule has 0 radical (unpaired) electrons. The van der Waals surface area contributed by atoms with Crippen LogP contribution < -0.4 is 4.74 Å².